The van der Waals surface area contributed by atoms with Crippen molar-refractivity contribution in [1.29, 1.82) is 0 Å². The topological polar surface area (TPSA) is 101 Å². The van der Waals surface area contributed by atoms with Gasteiger partial charge in [0.05, 0.1) is 11.3 Å². The average molecular weight is 339 g/mol. The van der Waals surface area contributed by atoms with Crippen LogP contribution in [0, 0.1) is 0 Å². The molecular formula is C19H21N3O3. The summed E-state index contributed by atoms with van der Waals surface area (Å²) in [6, 6.07) is 15.4. The minimum atomic E-state index is -0.793. The number of hydrogen-bond donors (Lipinski definition) is 3. The second-order valence-electron chi connectivity index (χ2n) is 5.68. The maximum atomic E-state index is 12.5. The molecule has 0 unspecified atom stereocenters. The van der Waals surface area contributed by atoms with Crippen molar-refractivity contribution in [3.63, 3.8) is 0 Å². The van der Waals surface area contributed by atoms with E-state index in [0.717, 1.165) is 5.56 Å². The van der Waals surface area contributed by atoms with Gasteiger partial charge in [0, 0.05) is 6.92 Å². The van der Waals surface area contributed by atoms with Gasteiger partial charge in [0.2, 0.25) is 11.8 Å². The highest BCUT2D eigenvalue weighted by atomic mass is 16.2. The third-order valence-corrected chi connectivity index (χ3v) is 3.70. The Balaban J connectivity index is 2.08. The number of primary amides is 1. The quantitative estimate of drug-likeness (QED) is 0.717. The van der Waals surface area contributed by atoms with Crippen LogP contribution in [0.4, 0.5) is 5.69 Å². The normalized spacial score (nSPS) is 11.4. The Morgan fingerprint density at radius 3 is 2.28 bits per heavy atom. The molecule has 0 heterocycles. The van der Waals surface area contributed by atoms with Gasteiger partial charge in [0.1, 0.15) is 6.04 Å². The number of nitrogens with one attached hydrogen (secondary N) is 2. The lowest BCUT2D eigenvalue weighted by Gasteiger charge is -2.17. The summed E-state index contributed by atoms with van der Waals surface area (Å²) >= 11 is 0. The number of anilines is 1. The minimum absolute atomic E-state index is 0.281. The van der Waals surface area contributed by atoms with Crippen LogP contribution in [-0.4, -0.2) is 23.8 Å². The van der Waals surface area contributed by atoms with Gasteiger partial charge in [-0.3, -0.25) is 14.4 Å². The maximum Gasteiger partial charge on any atom is 0.254 e. The highest BCUT2D eigenvalue weighted by Gasteiger charge is 2.20. The molecule has 1 atom stereocenters. The number of benzene rings is 2. The molecule has 0 saturated heterocycles. The Kier molecular flexibility index (Phi) is 6.28. The monoisotopic (exact) mass is 339 g/mol. The fourth-order valence-corrected chi connectivity index (χ4v) is 2.46. The first-order valence-electron chi connectivity index (χ1n) is 7.98. The largest absolute Gasteiger partial charge is 0.368 e. The van der Waals surface area contributed by atoms with E-state index in [0.29, 0.717) is 18.5 Å². The Morgan fingerprint density at radius 2 is 1.64 bits per heavy atom. The van der Waals surface area contributed by atoms with Crippen LogP contribution in [0.5, 0.6) is 0 Å². The van der Waals surface area contributed by atoms with E-state index in [4.69, 9.17) is 5.73 Å². The molecular weight excluding hydrogens is 318 g/mol. The molecule has 0 aliphatic carbocycles. The van der Waals surface area contributed by atoms with E-state index in [1.54, 1.807) is 24.3 Å². The van der Waals surface area contributed by atoms with Crippen LogP contribution in [0.2, 0.25) is 0 Å². The number of amides is 3. The molecule has 3 amide bonds. The first kappa shape index (κ1) is 18.2. The molecule has 2 aromatic carbocycles. The smallest absolute Gasteiger partial charge is 0.254 e. The zero-order valence-corrected chi connectivity index (χ0v) is 14.0. The maximum absolute atomic E-state index is 12.5. The van der Waals surface area contributed by atoms with E-state index < -0.39 is 17.9 Å². The summed E-state index contributed by atoms with van der Waals surface area (Å²) in [5.41, 5.74) is 7.15. The summed E-state index contributed by atoms with van der Waals surface area (Å²) in [4.78, 5) is 35.5. The van der Waals surface area contributed by atoms with Crippen molar-refractivity contribution in [2.24, 2.45) is 5.73 Å². The van der Waals surface area contributed by atoms with Crippen molar-refractivity contribution in [3.8, 4) is 0 Å². The fraction of sp³-hybridized carbons (Fsp3) is 0.211. The Hall–Kier alpha value is -3.15. The summed E-state index contributed by atoms with van der Waals surface area (Å²) in [6.07, 6.45) is 1.01. The van der Waals surface area contributed by atoms with E-state index in [-0.39, 0.29) is 11.5 Å². The summed E-state index contributed by atoms with van der Waals surface area (Å²) < 4.78 is 0. The molecule has 0 radical (unpaired) electrons. The van der Waals surface area contributed by atoms with Gasteiger partial charge in [0.25, 0.3) is 5.91 Å². The van der Waals surface area contributed by atoms with Crippen molar-refractivity contribution in [3.05, 3.63) is 65.7 Å². The summed E-state index contributed by atoms with van der Waals surface area (Å²) in [5, 5.41) is 5.25. The molecule has 130 valence electrons. The number of carbonyl (C=O) groups excluding carboxylic acids is 3. The van der Waals surface area contributed by atoms with Crippen molar-refractivity contribution in [2.45, 2.75) is 25.8 Å². The van der Waals surface area contributed by atoms with Crippen molar-refractivity contribution in [2.75, 3.05) is 5.32 Å². The first-order valence-corrected chi connectivity index (χ1v) is 7.98. The SMILES string of the molecule is CC(=O)Nc1ccccc1C(=O)N[C@@H](CCc1ccccc1)C(N)=O. The van der Waals surface area contributed by atoms with Gasteiger partial charge in [-0.2, -0.15) is 0 Å². The highest BCUT2D eigenvalue weighted by molar-refractivity contribution is 6.04. The van der Waals surface area contributed by atoms with E-state index in [9.17, 15) is 14.4 Å². The van der Waals surface area contributed by atoms with Crippen LogP contribution in [0.25, 0.3) is 0 Å². The number of para-hydroxylation sites is 1. The second-order valence-corrected chi connectivity index (χ2v) is 5.68. The standard InChI is InChI=1S/C19H21N3O3/c1-13(23)21-16-10-6-5-9-15(16)19(25)22-17(18(20)24)12-11-14-7-3-2-4-8-14/h2-10,17H,11-12H2,1H3,(H2,20,24)(H,21,23)(H,22,25)/t17-/m0/s1. The first-order chi connectivity index (χ1) is 12.0. The van der Waals surface area contributed by atoms with Gasteiger partial charge in [-0.15, -0.1) is 0 Å². The van der Waals surface area contributed by atoms with Crippen LogP contribution >= 0.6 is 0 Å². The van der Waals surface area contributed by atoms with Crippen LogP contribution in [0.1, 0.15) is 29.3 Å². The lowest BCUT2D eigenvalue weighted by Crippen LogP contribution is -2.44. The Labute approximate surface area is 146 Å². The number of hydrogen-bond acceptors (Lipinski definition) is 3. The van der Waals surface area contributed by atoms with Gasteiger partial charge in [-0.25, -0.2) is 0 Å². The number of rotatable bonds is 7. The highest BCUT2D eigenvalue weighted by Crippen LogP contribution is 2.15. The summed E-state index contributed by atoms with van der Waals surface area (Å²) in [6.45, 7) is 1.36. The van der Waals surface area contributed by atoms with Crippen LogP contribution in [0.3, 0.4) is 0 Å². The van der Waals surface area contributed by atoms with Crippen LogP contribution < -0.4 is 16.4 Å². The zero-order valence-electron chi connectivity index (χ0n) is 14.0. The second kappa shape index (κ2) is 8.63. The van der Waals surface area contributed by atoms with Crippen molar-refractivity contribution in [1.82, 2.24) is 5.32 Å². The predicted octanol–water partition coefficient (Wildman–Crippen LogP) is 1.86. The van der Waals surface area contributed by atoms with Gasteiger partial charge >= 0.3 is 0 Å². The molecule has 0 saturated carbocycles. The number of carbonyl (C=O) groups is 3. The van der Waals surface area contributed by atoms with E-state index in [2.05, 4.69) is 10.6 Å². The molecule has 0 fully saturated rings. The van der Waals surface area contributed by atoms with Gasteiger partial charge < -0.3 is 16.4 Å². The third kappa shape index (κ3) is 5.46. The predicted molar refractivity (Wildman–Crippen MR) is 96.0 cm³/mol. The van der Waals surface area contributed by atoms with Crippen LogP contribution in [0.15, 0.2) is 54.6 Å². The molecule has 0 spiro atoms. The van der Waals surface area contributed by atoms with Crippen molar-refractivity contribution >= 4 is 23.4 Å². The molecule has 2 aromatic rings. The van der Waals surface area contributed by atoms with Crippen molar-refractivity contribution < 1.29 is 14.4 Å². The number of aryl methyl sites for hydroxylation is 1. The average Bonchev–Trinajstić information content (AvgIpc) is 2.59. The zero-order chi connectivity index (χ0) is 18.2. The summed E-state index contributed by atoms with van der Waals surface area (Å²) in [7, 11) is 0. The van der Waals surface area contributed by atoms with Gasteiger partial charge in [-0.05, 0) is 30.5 Å². The van der Waals surface area contributed by atoms with Crippen LogP contribution in [-0.2, 0) is 16.0 Å². The molecule has 0 aliphatic heterocycles. The molecule has 2 rings (SSSR count). The summed E-state index contributed by atoms with van der Waals surface area (Å²) in [5.74, 6) is -1.33. The Morgan fingerprint density at radius 1 is 1.00 bits per heavy atom. The molecule has 0 bridgehead atoms. The molecule has 0 aliphatic rings. The molecule has 4 N–H and O–H groups in total. The number of nitrogens with two attached hydrogens (primary N) is 1. The molecule has 6 nitrogen and oxygen atoms in total. The Bertz CT molecular complexity index is 760. The molecule has 6 heteroatoms. The van der Waals surface area contributed by atoms with E-state index >= 15 is 0 Å². The van der Waals surface area contributed by atoms with E-state index in [1.165, 1.54) is 6.92 Å². The van der Waals surface area contributed by atoms with Gasteiger partial charge in [-0.1, -0.05) is 42.5 Å². The lowest BCUT2D eigenvalue weighted by atomic mass is 10.0. The lowest BCUT2D eigenvalue weighted by molar-refractivity contribution is -0.120. The molecule has 0 aromatic heterocycles. The fourth-order valence-electron chi connectivity index (χ4n) is 2.46. The van der Waals surface area contributed by atoms with Gasteiger partial charge in [0.15, 0.2) is 0 Å². The molecule has 25 heavy (non-hydrogen) atoms. The minimum Gasteiger partial charge on any atom is -0.368 e. The van der Waals surface area contributed by atoms with E-state index in [1.807, 2.05) is 30.3 Å². The third-order valence-electron chi connectivity index (χ3n) is 3.70.